The summed E-state index contributed by atoms with van der Waals surface area (Å²) in [6, 6.07) is 15.7. The third-order valence-electron chi connectivity index (χ3n) is 3.84. The Balaban J connectivity index is 2.17. The second-order valence-electron chi connectivity index (χ2n) is 5.63. The normalized spacial score (nSPS) is 11.0. The average molecular weight is 304 g/mol. The van der Waals surface area contributed by atoms with Gasteiger partial charge in [0, 0.05) is 6.54 Å². The molecule has 0 heterocycles. The molecule has 0 saturated carbocycles. The molecule has 3 heteroatoms. The molecule has 2 aromatic rings. The summed E-state index contributed by atoms with van der Waals surface area (Å²) >= 11 is 0. The van der Waals surface area contributed by atoms with Gasteiger partial charge >= 0.3 is 0 Å². The molecule has 0 atom stereocenters. The van der Waals surface area contributed by atoms with E-state index in [1.54, 1.807) is 6.08 Å². The lowest BCUT2D eigenvalue weighted by Crippen LogP contribution is -2.23. The van der Waals surface area contributed by atoms with E-state index in [0.29, 0.717) is 6.54 Å². The van der Waals surface area contributed by atoms with Crippen molar-refractivity contribution in [2.45, 2.75) is 27.3 Å². The molecule has 0 fully saturated rings. The third kappa shape index (κ3) is 4.31. The van der Waals surface area contributed by atoms with Gasteiger partial charge in [0.15, 0.2) is 0 Å². The highest BCUT2D eigenvalue weighted by Crippen LogP contribution is 2.18. The molecule has 0 aromatic heterocycles. The Morgan fingerprint density at radius 2 is 1.74 bits per heavy atom. The van der Waals surface area contributed by atoms with Crippen molar-refractivity contribution in [3.8, 4) is 6.07 Å². The molecule has 0 radical (unpaired) electrons. The van der Waals surface area contributed by atoms with E-state index in [2.05, 4.69) is 11.4 Å². The van der Waals surface area contributed by atoms with Crippen molar-refractivity contribution in [3.05, 3.63) is 75.9 Å². The summed E-state index contributed by atoms with van der Waals surface area (Å²) in [5, 5.41) is 12.1. The molecule has 1 amide bonds. The molecule has 0 unspecified atom stereocenters. The molecule has 2 rings (SSSR count). The number of hydrogen-bond donors (Lipinski definition) is 1. The zero-order valence-corrected chi connectivity index (χ0v) is 13.7. The standard InChI is InChI=1S/C20H20N2O/c1-14-9-16(3)18(10-15(14)2)11-19(12-21)20(23)22-13-17-7-5-4-6-8-17/h4-11H,13H2,1-3H3,(H,22,23)/b19-11+. The van der Waals surface area contributed by atoms with Gasteiger partial charge in [-0.25, -0.2) is 0 Å². The predicted molar refractivity (Wildman–Crippen MR) is 92.5 cm³/mol. The number of amides is 1. The van der Waals surface area contributed by atoms with Crippen LogP contribution in [0.25, 0.3) is 6.08 Å². The van der Waals surface area contributed by atoms with Crippen molar-refractivity contribution < 1.29 is 4.79 Å². The van der Waals surface area contributed by atoms with E-state index in [4.69, 9.17) is 0 Å². The highest BCUT2D eigenvalue weighted by Gasteiger charge is 2.10. The molecule has 3 nitrogen and oxygen atoms in total. The highest BCUT2D eigenvalue weighted by atomic mass is 16.1. The Morgan fingerprint density at radius 1 is 1.09 bits per heavy atom. The number of carbonyl (C=O) groups excluding carboxylic acids is 1. The van der Waals surface area contributed by atoms with Crippen LogP contribution in [0.5, 0.6) is 0 Å². The summed E-state index contributed by atoms with van der Waals surface area (Å²) in [6.45, 7) is 6.46. The topological polar surface area (TPSA) is 52.9 Å². The maximum Gasteiger partial charge on any atom is 0.262 e. The van der Waals surface area contributed by atoms with E-state index in [-0.39, 0.29) is 11.5 Å². The Hall–Kier alpha value is -2.86. The third-order valence-corrected chi connectivity index (χ3v) is 3.84. The predicted octanol–water partition coefficient (Wildman–Crippen LogP) is 3.84. The molecular weight excluding hydrogens is 284 g/mol. The van der Waals surface area contributed by atoms with Gasteiger partial charge in [0.05, 0.1) is 0 Å². The largest absolute Gasteiger partial charge is 0.347 e. The van der Waals surface area contributed by atoms with Crippen molar-refractivity contribution in [1.29, 1.82) is 5.26 Å². The van der Waals surface area contributed by atoms with Crippen LogP contribution in [0, 0.1) is 32.1 Å². The van der Waals surface area contributed by atoms with Gasteiger partial charge in [-0.3, -0.25) is 4.79 Å². The molecule has 0 spiro atoms. The van der Waals surface area contributed by atoms with Gasteiger partial charge in [-0.15, -0.1) is 0 Å². The van der Waals surface area contributed by atoms with E-state index in [9.17, 15) is 10.1 Å². The Labute approximate surface area is 137 Å². The minimum atomic E-state index is -0.353. The zero-order valence-electron chi connectivity index (χ0n) is 13.7. The number of nitrogens with one attached hydrogen (secondary N) is 1. The van der Waals surface area contributed by atoms with E-state index in [0.717, 1.165) is 22.3 Å². The number of benzene rings is 2. The monoisotopic (exact) mass is 304 g/mol. The number of rotatable bonds is 4. The van der Waals surface area contributed by atoms with Crippen LogP contribution >= 0.6 is 0 Å². The van der Waals surface area contributed by atoms with Crippen LogP contribution in [0.1, 0.15) is 27.8 Å². The maximum atomic E-state index is 12.2. The molecule has 116 valence electrons. The second kappa shape index (κ2) is 7.42. The first-order chi connectivity index (χ1) is 11.0. The fraction of sp³-hybridized carbons (Fsp3) is 0.200. The molecule has 2 aromatic carbocycles. The first-order valence-electron chi connectivity index (χ1n) is 7.53. The maximum absolute atomic E-state index is 12.2. The first kappa shape index (κ1) is 16.5. The number of aryl methyl sites for hydroxylation is 3. The lowest BCUT2D eigenvalue weighted by molar-refractivity contribution is -0.117. The van der Waals surface area contributed by atoms with Gasteiger partial charge < -0.3 is 5.32 Å². The number of hydrogen-bond acceptors (Lipinski definition) is 2. The summed E-state index contributed by atoms with van der Waals surface area (Å²) in [5.74, 6) is -0.353. The SMILES string of the molecule is Cc1cc(C)c(/C=C(\C#N)C(=O)NCc2ccccc2)cc1C. The molecule has 23 heavy (non-hydrogen) atoms. The fourth-order valence-electron chi connectivity index (χ4n) is 2.32. The summed E-state index contributed by atoms with van der Waals surface area (Å²) in [5.41, 5.74) is 5.42. The lowest BCUT2D eigenvalue weighted by Gasteiger charge is -2.08. The van der Waals surface area contributed by atoms with E-state index >= 15 is 0 Å². The molecule has 0 aliphatic carbocycles. The molecule has 1 N–H and O–H groups in total. The Kier molecular flexibility index (Phi) is 5.32. The second-order valence-corrected chi connectivity index (χ2v) is 5.63. The Morgan fingerprint density at radius 3 is 2.39 bits per heavy atom. The van der Waals surface area contributed by atoms with Crippen LogP contribution in [-0.4, -0.2) is 5.91 Å². The summed E-state index contributed by atoms with van der Waals surface area (Å²) in [7, 11) is 0. The first-order valence-corrected chi connectivity index (χ1v) is 7.53. The zero-order chi connectivity index (χ0) is 16.8. The van der Waals surface area contributed by atoms with Crippen LogP contribution < -0.4 is 5.32 Å². The van der Waals surface area contributed by atoms with Gasteiger partial charge in [0.2, 0.25) is 0 Å². The lowest BCUT2D eigenvalue weighted by atomic mass is 9.99. The van der Waals surface area contributed by atoms with Crippen LogP contribution in [0.4, 0.5) is 0 Å². The minimum Gasteiger partial charge on any atom is -0.347 e. The van der Waals surface area contributed by atoms with Crippen LogP contribution in [-0.2, 0) is 11.3 Å². The highest BCUT2D eigenvalue weighted by molar-refractivity contribution is 6.01. The van der Waals surface area contributed by atoms with Crippen LogP contribution in [0.2, 0.25) is 0 Å². The van der Waals surface area contributed by atoms with Crippen molar-refractivity contribution >= 4 is 12.0 Å². The van der Waals surface area contributed by atoms with Gasteiger partial charge in [0.25, 0.3) is 5.91 Å². The fourth-order valence-corrected chi connectivity index (χ4v) is 2.32. The number of nitrogens with zero attached hydrogens (tertiary/aromatic N) is 1. The minimum absolute atomic E-state index is 0.118. The molecular formula is C20H20N2O. The van der Waals surface area contributed by atoms with Crippen LogP contribution in [0.3, 0.4) is 0 Å². The smallest absolute Gasteiger partial charge is 0.262 e. The van der Waals surface area contributed by atoms with Gasteiger partial charge in [0.1, 0.15) is 11.6 Å². The van der Waals surface area contributed by atoms with Crippen molar-refractivity contribution in [2.24, 2.45) is 0 Å². The molecule has 0 bridgehead atoms. The summed E-state index contributed by atoms with van der Waals surface area (Å²) < 4.78 is 0. The van der Waals surface area contributed by atoms with Gasteiger partial charge in [-0.2, -0.15) is 5.26 Å². The molecule has 0 saturated heterocycles. The van der Waals surface area contributed by atoms with Crippen molar-refractivity contribution in [2.75, 3.05) is 0 Å². The van der Waals surface area contributed by atoms with Gasteiger partial charge in [-0.1, -0.05) is 42.5 Å². The Bertz CT molecular complexity index is 783. The molecule has 0 aliphatic rings. The van der Waals surface area contributed by atoms with E-state index in [1.807, 2.05) is 63.2 Å². The summed E-state index contributed by atoms with van der Waals surface area (Å²) in [6.07, 6.45) is 1.65. The van der Waals surface area contributed by atoms with Crippen molar-refractivity contribution in [1.82, 2.24) is 5.32 Å². The van der Waals surface area contributed by atoms with Crippen molar-refractivity contribution in [3.63, 3.8) is 0 Å². The number of carbonyl (C=O) groups is 1. The average Bonchev–Trinajstić information content (AvgIpc) is 2.55. The van der Waals surface area contributed by atoms with E-state index in [1.165, 1.54) is 5.56 Å². The van der Waals surface area contributed by atoms with Gasteiger partial charge in [-0.05, 0) is 54.7 Å². The quantitative estimate of drug-likeness (QED) is 0.689. The number of nitriles is 1. The van der Waals surface area contributed by atoms with E-state index < -0.39 is 0 Å². The van der Waals surface area contributed by atoms with Crippen LogP contribution in [0.15, 0.2) is 48.0 Å². The summed E-state index contributed by atoms with van der Waals surface area (Å²) in [4.78, 5) is 12.2. The molecule has 0 aliphatic heterocycles.